The summed E-state index contributed by atoms with van der Waals surface area (Å²) in [5.41, 5.74) is 9.51. The smallest absolute Gasteiger partial charge is 0.228 e. The first-order valence-corrected chi connectivity index (χ1v) is 6.93. The molecule has 0 atom stereocenters. The van der Waals surface area contributed by atoms with Gasteiger partial charge in [0.1, 0.15) is 0 Å². The molecule has 0 saturated heterocycles. The molecule has 0 saturated carbocycles. The van der Waals surface area contributed by atoms with Gasteiger partial charge in [-0.2, -0.15) is 0 Å². The van der Waals surface area contributed by atoms with E-state index in [0.29, 0.717) is 13.0 Å². The molecule has 0 unspecified atom stereocenters. The number of rotatable bonds is 5. The summed E-state index contributed by atoms with van der Waals surface area (Å²) in [7, 11) is 3.97. The lowest BCUT2D eigenvalue weighted by Gasteiger charge is -2.13. The van der Waals surface area contributed by atoms with Crippen molar-refractivity contribution in [3.8, 4) is 0 Å². The van der Waals surface area contributed by atoms with E-state index in [-0.39, 0.29) is 5.91 Å². The highest BCUT2D eigenvalue weighted by molar-refractivity contribution is 5.92. The highest BCUT2D eigenvalue weighted by atomic mass is 16.1. The van der Waals surface area contributed by atoms with Crippen LogP contribution in [0.5, 0.6) is 0 Å². The van der Waals surface area contributed by atoms with Gasteiger partial charge in [-0.15, -0.1) is 0 Å². The molecule has 2 rings (SSSR count). The lowest BCUT2D eigenvalue weighted by molar-refractivity contribution is -0.115. The van der Waals surface area contributed by atoms with Crippen LogP contribution in [0.25, 0.3) is 0 Å². The molecule has 2 aromatic rings. The Balaban J connectivity index is 1.94. The third-order valence-electron chi connectivity index (χ3n) is 3.29. The van der Waals surface area contributed by atoms with E-state index in [9.17, 15) is 4.79 Å². The van der Waals surface area contributed by atoms with Crippen LogP contribution in [0, 0.1) is 0 Å². The summed E-state index contributed by atoms with van der Waals surface area (Å²) in [5.74, 6) is -0.0203. The molecule has 1 amide bonds. The monoisotopic (exact) mass is 283 g/mol. The van der Waals surface area contributed by atoms with Crippen molar-refractivity contribution < 1.29 is 4.79 Å². The molecule has 0 aliphatic rings. The number of benzene rings is 2. The zero-order valence-electron chi connectivity index (χ0n) is 12.5. The maximum atomic E-state index is 12.0. The number of nitrogens with one attached hydrogen (secondary N) is 1. The predicted octanol–water partition coefficient (Wildman–Crippen LogP) is 2.39. The lowest BCUT2D eigenvalue weighted by Crippen LogP contribution is -2.14. The number of amides is 1. The SMILES string of the molecule is CN(C)c1ccc(NC(=O)Cc2ccc(CN)cc2)cc1. The van der Waals surface area contributed by atoms with E-state index < -0.39 is 0 Å². The molecule has 0 heterocycles. The zero-order chi connectivity index (χ0) is 15.2. The topological polar surface area (TPSA) is 58.4 Å². The van der Waals surface area contributed by atoms with Gasteiger partial charge in [0.25, 0.3) is 0 Å². The van der Waals surface area contributed by atoms with Gasteiger partial charge in [0, 0.05) is 32.0 Å². The summed E-state index contributed by atoms with van der Waals surface area (Å²) in [4.78, 5) is 14.0. The van der Waals surface area contributed by atoms with E-state index in [4.69, 9.17) is 5.73 Å². The molecular weight excluding hydrogens is 262 g/mol. The third kappa shape index (κ3) is 4.33. The maximum absolute atomic E-state index is 12.0. The molecule has 21 heavy (non-hydrogen) atoms. The van der Waals surface area contributed by atoms with Crippen LogP contribution in [0.3, 0.4) is 0 Å². The van der Waals surface area contributed by atoms with Crippen molar-refractivity contribution in [2.45, 2.75) is 13.0 Å². The number of hydrogen-bond acceptors (Lipinski definition) is 3. The Bertz CT molecular complexity index is 588. The Morgan fingerprint density at radius 2 is 1.57 bits per heavy atom. The van der Waals surface area contributed by atoms with Crippen molar-refractivity contribution in [1.82, 2.24) is 0 Å². The van der Waals surface area contributed by atoms with Gasteiger partial charge in [-0.1, -0.05) is 24.3 Å². The third-order valence-corrected chi connectivity index (χ3v) is 3.29. The average molecular weight is 283 g/mol. The Labute approximate surface area is 125 Å². The summed E-state index contributed by atoms with van der Waals surface area (Å²) >= 11 is 0. The molecular formula is C17H21N3O. The fourth-order valence-corrected chi connectivity index (χ4v) is 2.03. The van der Waals surface area contributed by atoms with Gasteiger partial charge in [0.15, 0.2) is 0 Å². The van der Waals surface area contributed by atoms with E-state index >= 15 is 0 Å². The van der Waals surface area contributed by atoms with E-state index in [1.165, 1.54) is 0 Å². The first-order valence-electron chi connectivity index (χ1n) is 6.93. The molecule has 4 nitrogen and oxygen atoms in total. The number of anilines is 2. The van der Waals surface area contributed by atoms with Crippen molar-refractivity contribution in [1.29, 1.82) is 0 Å². The predicted molar refractivity (Wildman–Crippen MR) is 87.4 cm³/mol. The van der Waals surface area contributed by atoms with Crippen LogP contribution in [0.15, 0.2) is 48.5 Å². The highest BCUT2D eigenvalue weighted by Crippen LogP contribution is 2.16. The molecule has 0 aliphatic carbocycles. The van der Waals surface area contributed by atoms with Crippen molar-refractivity contribution in [2.24, 2.45) is 5.73 Å². The number of nitrogens with two attached hydrogens (primary N) is 1. The van der Waals surface area contributed by atoms with Crippen LogP contribution in [0.2, 0.25) is 0 Å². The molecule has 0 radical (unpaired) electrons. The van der Waals surface area contributed by atoms with Crippen LogP contribution in [-0.2, 0) is 17.8 Å². The highest BCUT2D eigenvalue weighted by Gasteiger charge is 2.04. The van der Waals surface area contributed by atoms with E-state index in [1.54, 1.807) is 0 Å². The van der Waals surface area contributed by atoms with Gasteiger partial charge >= 0.3 is 0 Å². The second-order valence-corrected chi connectivity index (χ2v) is 5.19. The number of carbonyl (C=O) groups is 1. The fourth-order valence-electron chi connectivity index (χ4n) is 2.03. The van der Waals surface area contributed by atoms with E-state index in [1.807, 2.05) is 67.5 Å². The molecule has 0 aliphatic heterocycles. The molecule has 0 fully saturated rings. The van der Waals surface area contributed by atoms with Crippen molar-refractivity contribution in [3.63, 3.8) is 0 Å². The quantitative estimate of drug-likeness (QED) is 0.886. The minimum Gasteiger partial charge on any atom is -0.378 e. The van der Waals surface area contributed by atoms with Crippen LogP contribution in [-0.4, -0.2) is 20.0 Å². The Morgan fingerprint density at radius 1 is 1.00 bits per heavy atom. The molecule has 4 heteroatoms. The summed E-state index contributed by atoms with van der Waals surface area (Å²) < 4.78 is 0. The Hall–Kier alpha value is -2.33. The molecule has 110 valence electrons. The van der Waals surface area contributed by atoms with E-state index in [0.717, 1.165) is 22.5 Å². The molecule has 3 N–H and O–H groups in total. The fraction of sp³-hybridized carbons (Fsp3) is 0.235. The Morgan fingerprint density at radius 3 is 2.10 bits per heavy atom. The summed E-state index contributed by atoms with van der Waals surface area (Å²) in [6, 6.07) is 15.6. The van der Waals surface area contributed by atoms with E-state index in [2.05, 4.69) is 5.32 Å². The molecule has 0 bridgehead atoms. The lowest BCUT2D eigenvalue weighted by atomic mass is 10.1. The van der Waals surface area contributed by atoms with Crippen molar-refractivity contribution in [2.75, 3.05) is 24.3 Å². The first-order chi connectivity index (χ1) is 10.1. The minimum atomic E-state index is -0.0203. The number of carbonyl (C=O) groups excluding carboxylic acids is 1. The average Bonchev–Trinajstić information content (AvgIpc) is 2.48. The van der Waals surface area contributed by atoms with Crippen molar-refractivity contribution >= 4 is 17.3 Å². The maximum Gasteiger partial charge on any atom is 0.228 e. The van der Waals surface area contributed by atoms with Gasteiger partial charge < -0.3 is 16.0 Å². The summed E-state index contributed by atoms with van der Waals surface area (Å²) in [6.45, 7) is 0.519. The number of hydrogen-bond donors (Lipinski definition) is 2. The van der Waals surface area contributed by atoms with Gasteiger partial charge in [-0.25, -0.2) is 0 Å². The molecule has 0 aromatic heterocycles. The zero-order valence-corrected chi connectivity index (χ0v) is 12.5. The normalized spacial score (nSPS) is 10.2. The minimum absolute atomic E-state index is 0.0203. The summed E-state index contributed by atoms with van der Waals surface area (Å²) in [6.07, 6.45) is 0.361. The first kappa shape index (κ1) is 15.1. The van der Waals surface area contributed by atoms with Gasteiger partial charge in [0.2, 0.25) is 5.91 Å². The van der Waals surface area contributed by atoms with Gasteiger partial charge in [0.05, 0.1) is 6.42 Å². The summed E-state index contributed by atoms with van der Waals surface area (Å²) in [5, 5.41) is 2.90. The van der Waals surface area contributed by atoms with Crippen LogP contribution in [0.4, 0.5) is 11.4 Å². The standard InChI is InChI=1S/C17H21N3O/c1-20(2)16-9-7-15(8-10-16)19-17(21)11-13-3-5-14(12-18)6-4-13/h3-10H,11-12,18H2,1-2H3,(H,19,21). The Kier molecular flexibility index (Phi) is 4.95. The van der Waals surface area contributed by atoms with Crippen molar-refractivity contribution in [3.05, 3.63) is 59.7 Å². The van der Waals surface area contributed by atoms with Gasteiger partial charge in [-0.3, -0.25) is 4.79 Å². The largest absolute Gasteiger partial charge is 0.378 e. The second kappa shape index (κ2) is 6.90. The van der Waals surface area contributed by atoms with Crippen LogP contribution >= 0.6 is 0 Å². The molecule has 2 aromatic carbocycles. The second-order valence-electron chi connectivity index (χ2n) is 5.19. The van der Waals surface area contributed by atoms with Gasteiger partial charge in [-0.05, 0) is 35.4 Å². The van der Waals surface area contributed by atoms with Crippen LogP contribution in [0.1, 0.15) is 11.1 Å². The molecule has 0 spiro atoms. The van der Waals surface area contributed by atoms with Crippen LogP contribution < -0.4 is 16.0 Å². The number of nitrogens with zero attached hydrogens (tertiary/aromatic N) is 1.